The molecule has 1 aromatic rings. The van der Waals surface area contributed by atoms with E-state index in [4.69, 9.17) is 4.74 Å². The summed E-state index contributed by atoms with van der Waals surface area (Å²) in [5, 5.41) is -3.87. The van der Waals surface area contributed by atoms with Gasteiger partial charge in [0.1, 0.15) is 5.82 Å². The van der Waals surface area contributed by atoms with E-state index in [0.717, 1.165) is 62.4 Å². The molecular formula is C24H37BrF3O6S2+. The van der Waals surface area contributed by atoms with E-state index in [2.05, 4.69) is 24.3 Å². The van der Waals surface area contributed by atoms with Gasteiger partial charge in [0, 0.05) is 28.5 Å². The molecule has 1 fully saturated rings. The Morgan fingerprint density at radius 1 is 1.11 bits per heavy atom. The van der Waals surface area contributed by atoms with Gasteiger partial charge in [-0.3, -0.25) is 3.63 Å². The zero-order valence-electron chi connectivity index (χ0n) is 20.6. The van der Waals surface area contributed by atoms with Crippen molar-refractivity contribution < 1.29 is 39.5 Å². The molecule has 0 radical (unpaired) electrons. The van der Waals surface area contributed by atoms with Crippen molar-refractivity contribution >= 4 is 42.3 Å². The van der Waals surface area contributed by atoms with E-state index in [1.807, 2.05) is 0 Å². The van der Waals surface area contributed by atoms with E-state index < -0.39 is 42.9 Å². The fraction of sp³-hybridized carbons (Fsp3) is 0.708. The molecule has 36 heavy (non-hydrogen) atoms. The van der Waals surface area contributed by atoms with Crippen LogP contribution in [0.1, 0.15) is 70.6 Å². The van der Waals surface area contributed by atoms with Crippen LogP contribution in [0.3, 0.4) is 0 Å². The van der Waals surface area contributed by atoms with Gasteiger partial charge in [-0.15, -0.1) is 8.42 Å². The summed E-state index contributed by atoms with van der Waals surface area (Å²) in [4.78, 5) is 12.3. The van der Waals surface area contributed by atoms with Gasteiger partial charge in [-0.05, 0) is 50.3 Å². The molecule has 1 aliphatic rings. The van der Waals surface area contributed by atoms with E-state index in [9.17, 15) is 26.4 Å². The van der Waals surface area contributed by atoms with Gasteiger partial charge in [-0.1, -0.05) is 60.5 Å². The molecule has 0 amide bonds. The molecule has 0 saturated carbocycles. The van der Waals surface area contributed by atoms with Crippen LogP contribution in [-0.4, -0.2) is 53.5 Å². The SMILES string of the molecule is CS([OH+]S(=O)(=O)C(F)(F)C(=O)OCCCCCCCCCCBr)(c1cccc(F)c1)C1CCCCO1. The third-order valence-corrected chi connectivity index (χ3v) is 12.0. The van der Waals surface area contributed by atoms with E-state index in [-0.39, 0.29) is 11.5 Å². The second kappa shape index (κ2) is 14.9. The summed E-state index contributed by atoms with van der Waals surface area (Å²) in [5.41, 5.74) is -0.797. The first-order valence-corrected chi connectivity index (χ1v) is 16.9. The lowest BCUT2D eigenvalue weighted by Gasteiger charge is -2.39. The van der Waals surface area contributed by atoms with Crippen molar-refractivity contribution in [3.63, 3.8) is 0 Å². The Labute approximate surface area is 222 Å². The van der Waals surface area contributed by atoms with Crippen LogP contribution in [0.25, 0.3) is 0 Å². The molecule has 1 N–H and O–H groups in total. The molecule has 6 nitrogen and oxygen atoms in total. The number of ether oxygens (including phenoxy) is 2. The van der Waals surface area contributed by atoms with E-state index in [1.165, 1.54) is 18.4 Å². The molecule has 208 valence electrons. The Bertz CT molecular complexity index is 928. The summed E-state index contributed by atoms with van der Waals surface area (Å²) < 4.78 is 82.9. The van der Waals surface area contributed by atoms with Gasteiger partial charge in [0.25, 0.3) is 0 Å². The third kappa shape index (κ3) is 8.89. The largest absolute Gasteiger partial charge is 0.514 e. The van der Waals surface area contributed by atoms with E-state index >= 15 is 0 Å². The average Bonchev–Trinajstić information content (AvgIpc) is 2.85. The first kappa shape index (κ1) is 31.4. The maximum Gasteiger partial charge on any atom is 0.514 e. The van der Waals surface area contributed by atoms with Gasteiger partial charge in [0.2, 0.25) is 0 Å². The van der Waals surface area contributed by atoms with E-state index in [1.54, 1.807) is 0 Å². The molecule has 0 bridgehead atoms. The van der Waals surface area contributed by atoms with Crippen LogP contribution in [0.5, 0.6) is 0 Å². The van der Waals surface area contributed by atoms with Gasteiger partial charge in [-0.2, -0.15) is 8.78 Å². The van der Waals surface area contributed by atoms with Crippen LogP contribution < -0.4 is 0 Å². The van der Waals surface area contributed by atoms with Crippen LogP contribution in [0.4, 0.5) is 13.2 Å². The van der Waals surface area contributed by atoms with Crippen LogP contribution in [0, 0.1) is 5.82 Å². The van der Waals surface area contributed by atoms with Crippen LogP contribution >= 0.6 is 26.2 Å². The minimum Gasteiger partial charge on any atom is -0.460 e. The molecule has 0 aromatic heterocycles. The average molecular weight is 623 g/mol. The number of carbonyl (C=O) groups is 1. The monoisotopic (exact) mass is 621 g/mol. The summed E-state index contributed by atoms with van der Waals surface area (Å²) in [7, 11) is -8.62. The Kier molecular flexibility index (Phi) is 13.0. The Morgan fingerprint density at radius 2 is 1.75 bits per heavy atom. The predicted octanol–water partition coefficient (Wildman–Crippen LogP) is 7.14. The minimum absolute atomic E-state index is 0.148. The first-order chi connectivity index (χ1) is 17.0. The molecule has 0 aliphatic carbocycles. The quantitative estimate of drug-likeness (QED) is 0.0644. The van der Waals surface area contributed by atoms with Crippen LogP contribution in [0.2, 0.25) is 0 Å². The lowest BCUT2D eigenvalue weighted by molar-refractivity contribution is -0.161. The fourth-order valence-corrected chi connectivity index (χ4v) is 9.30. The van der Waals surface area contributed by atoms with Gasteiger partial charge < -0.3 is 9.47 Å². The highest BCUT2D eigenvalue weighted by Crippen LogP contribution is 2.60. The third-order valence-electron chi connectivity index (χ3n) is 6.00. The smallest absolute Gasteiger partial charge is 0.460 e. The topological polar surface area (TPSA) is 82.5 Å². The number of unbranched alkanes of at least 4 members (excludes halogenated alkanes) is 7. The number of benzene rings is 1. The van der Waals surface area contributed by atoms with Crippen molar-refractivity contribution in [2.24, 2.45) is 0 Å². The number of alkyl halides is 3. The number of esters is 1. The second-order valence-corrected chi connectivity index (χ2v) is 14.6. The van der Waals surface area contributed by atoms with Crippen molar-refractivity contribution in [1.29, 1.82) is 0 Å². The Morgan fingerprint density at radius 3 is 2.33 bits per heavy atom. The van der Waals surface area contributed by atoms with Crippen molar-refractivity contribution in [3.8, 4) is 0 Å². The fourth-order valence-electron chi connectivity index (χ4n) is 3.90. The summed E-state index contributed by atoms with van der Waals surface area (Å²) in [6.07, 6.45) is 10.6. The lowest BCUT2D eigenvalue weighted by atomic mass is 10.1. The van der Waals surface area contributed by atoms with Crippen LogP contribution in [-0.2, 0) is 24.4 Å². The summed E-state index contributed by atoms with van der Waals surface area (Å²) in [5.74, 6) is -2.80. The maximum atomic E-state index is 14.8. The van der Waals surface area contributed by atoms with Crippen molar-refractivity contribution in [3.05, 3.63) is 30.1 Å². The molecule has 2 rings (SSSR count). The molecule has 1 saturated heterocycles. The van der Waals surface area contributed by atoms with Crippen molar-refractivity contribution in [2.45, 2.75) is 86.2 Å². The van der Waals surface area contributed by atoms with Crippen molar-refractivity contribution in [1.82, 2.24) is 0 Å². The number of halogens is 4. The number of rotatable bonds is 16. The van der Waals surface area contributed by atoms with Gasteiger partial charge in [0.15, 0.2) is 5.44 Å². The predicted molar refractivity (Wildman–Crippen MR) is 140 cm³/mol. The normalized spacial score (nSPS) is 19.4. The van der Waals surface area contributed by atoms with Gasteiger partial charge in [0.05, 0.1) is 11.5 Å². The molecule has 1 aromatic carbocycles. The zero-order valence-corrected chi connectivity index (χ0v) is 23.8. The second-order valence-electron chi connectivity index (χ2n) is 8.91. The lowest BCUT2D eigenvalue weighted by Crippen LogP contribution is -2.44. The minimum atomic E-state index is -5.64. The summed E-state index contributed by atoms with van der Waals surface area (Å²) in [6, 6.07) is 5.03. The van der Waals surface area contributed by atoms with Crippen LogP contribution in [0.15, 0.2) is 29.2 Å². The molecule has 2 atom stereocenters. The number of hydrogen-bond donors (Lipinski definition) is 0. The zero-order chi connectivity index (χ0) is 26.7. The van der Waals surface area contributed by atoms with Gasteiger partial charge >= 0.3 is 21.3 Å². The number of hydrogen-bond acceptors (Lipinski definition) is 5. The van der Waals surface area contributed by atoms with Gasteiger partial charge in [-0.25, -0.2) is 9.18 Å². The molecule has 1 aliphatic heterocycles. The molecule has 0 spiro atoms. The molecule has 1 heterocycles. The molecular weight excluding hydrogens is 585 g/mol. The summed E-state index contributed by atoms with van der Waals surface area (Å²) >= 11 is 3.39. The number of carbonyl (C=O) groups excluding carboxylic acids is 1. The Balaban J connectivity index is 1.98. The standard InChI is InChI=1S/C24H36BrF3O6S2/c1-35(22-15-8-11-17-32-22,21-14-12-13-20(26)19-21)34-36(30,31)24(27,28)23(29)33-18-10-7-5-3-2-4-6-9-16-25/h12-14,19,22H,2-11,15-18H2,1H3/p+1. The molecule has 12 heteroatoms. The Hall–Kier alpha value is -0.820. The highest BCUT2D eigenvalue weighted by Gasteiger charge is 2.63. The van der Waals surface area contributed by atoms with Crippen molar-refractivity contribution in [2.75, 3.05) is 24.8 Å². The summed E-state index contributed by atoms with van der Waals surface area (Å²) in [6.45, 7) is 0.0146. The molecule has 2 unspecified atom stereocenters. The first-order valence-electron chi connectivity index (χ1n) is 12.3. The highest BCUT2D eigenvalue weighted by molar-refractivity contribution is 9.09. The maximum absolute atomic E-state index is 14.8. The highest BCUT2D eigenvalue weighted by atomic mass is 79.9. The van der Waals surface area contributed by atoms with E-state index in [0.29, 0.717) is 32.3 Å².